The maximum absolute atomic E-state index is 13.3. The number of hydrogen-bond donors (Lipinski definition) is 1. The van der Waals surface area contributed by atoms with Gasteiger partial charge in [-0.3, -0.25) is 4.79 Å². The largest absolute Gasteiger partial charge is 0.478 e. The van der Waals surface area contributed by atoms with Crippen molar-refractivity contribution in [1.29, 1.82) is 0 Å². The molecular weight excluding hydrogens is 337 g/mol. The van der Waals surface area contributed by atoms with E-state index in [2.05, 4.69) is 5.32 Å². The number of halogens is 1. The maximum Gasteiger partial charge on any atom is 0.348 e. The molecule has 1 N–H and O–H groups in total. The van der Waals surface area contributed by atoms with Gasteiger partial charge in [0.25, 0.3) is 5.91 Å². The minimum absolute atomic E-state index is 0.219. The summed E-state index contributed by atoms with van der Waals surface area (Å²) < 4.78 is 24.0. The third-order valence-electron chi connectivity index (χ3n) is 4.35. The lowest BCUT2D eigenvalue weighted by Crippen LogP contribution is -2.36. The van der Waals surface area contributed by atoms with Crippen LogP contribution in [-0.2, 0) is 20.7 Å². The normalized spacial score (nSPS) is 16.4. The van der Waals surface area contributed by atoms with Crippen LogP contribution in [-0.4, -0.2) is 24.1 Å². The number of nitrogens with one attached hydrogen (secondary N) is 1. The van der Waals surface area contributed by atoms with E-state index in [9.17, 15) is 14.0 Å². The van der Waals surface area contributed by atoms with Gasteiger partial charge in [-0.05, 0) is 50.1 Å². The smallest absolute Gasteiger partial charge is 0.348 e. The van der Waals surface area contributed by atoms with Crippen molar-refractivity contribution in [3.05, 3.63) is 58.9 Å². The van der Waals surface area contributed by atoms with Crippen molar-refractivity contribution in [3.63, 3.8) is 0 Å². The van der Waals surface area contributed by atoms with E-state index in [0.29, 0.717) is 17.0 Å². The minimum atomic E-state index is -0.981. The molecule has 0 fully saturated rings. The van der Waals surface area contributed by atoms with Gasteiger partial charge in [0.1, 0.15) is 11.6 Å². The molecule has 0 aromatic heterocycles. The number of rotatable bonds is 4. The van der Waals surface area contributed by atoms with Gasteiger partial charge in [0, 0.05) is 17.7 Å². The molecule has 1 amide bonds. The van der Waals surface area contributed by atoms with Gasteiger partial charge in [0.15, 0.2) is 12.2 Å². The van der Waals surface area contributed by atoms with Crippen LogP contribution >= 0.6 is 0 Å². The van der Waals surface area contributed by atoms with Crippen LogP contribution in [0.4, 0.5) is 10.1 Å². The van der Waals surface area contributed by atoms with Crippen LogP contribution in [0.25, 0.3) is 0 Å². The molecule has 0 bridgehead atoms. The lowest BCUT2D eigenvalue weighted by molar-refractivity contribution is -0.159. The Balaban J connectivity index is 1.60. The number of para-hydroxylation sites is 1. The molecule has 0 spiro atoms. The van der Waals surface area contributed by atoms with E-state index in [1.165, 1.54) is 25.1 Å². The molecule has 0 aliphatic carbocycles. The number of benzene rings is 2. The van der Waals surface area contributed by atoms with E-state index in [0.717, 1.165) is 11.1 Å². The van der Waals surface area contributed by atoms with Gasteiger partial charge >= 0.3 is 5.97 Å². The van der Waals surface area contributed by atoms with Gasteiger partial charge in [0.05, 0.1) is 0 Å². The van der Waals surface area contributed by atoms with Crippen LogP contribution in [0, 0.1) is 19.7 Å². The SMILES string of the molecule is Cc1cccc(C)c1NC(=O)[C@H](C)OC(=O)[C@@H]1Cc2cc(F)ccc2O1. The summed E-state index contributed by atoms with van der Waals surface area (Å²) in [5.74, 6) is -0.994. The standard InChI is InChI=1S/C20H20FNO4/c1-11-5-4-6-12(2)18(11)22-19(23)13(3)25-20(24)17-10-14-9-15(21)7-8-16(14)26-17/h4-9,13,17H,10H2,1-3H3,(H,22,23)/t13-,17-/m0/s1. The Morgan fingerprint density at radius 3 is 2.62 bits per heavy atom. The molecule has 5 nitrogen and oxygen atoms in total. The number of carbonyl (C=O) groups is 2. The first kappa shape index (κ1) is 17.9. The number of hydrogen-bond acceptors (Lipinski definition) is 4. The summed E-state index contributed by atoms with van der Waals surface area (Å²) in [5, 5.41) is 2.79. The summed E-state index contributed by atoms with van der Waals surface area (Å²) in [6.07, 6.45) is -1.63. The lowest BCUT2D eigenvalue weighted by atomic mass is 10.1. The van der Waals surface area contributed by atoms with E-state index in [1.807, 2.05) is 32.0 Å². The molecular formula is C20H20FNO4. The number of anilines is 1. The topological polar surface area (TPSA) is 64.6 Å². The second kappa shape index (κ2) is 7.15. The zero-order valence-electron chi connectivity index (χ0n) is 14.8. The number of amides is 1. The molecule has 3 rings (SSSR count). The Morgan fingerprint density at radius 2 is 1.92 bits per heavy atom. The van der Waals surface area contributed by atoms with Gasteiger partial charge in [-0.15, -0.1) is 0 Å². The first-order chi connectivity index (χ1) is 12.3. The average Bonchev–Trinajstić information content (AvgIpc) is 3.01. The molecule has 1 aliphatic heterocycles. The quantitative estimate of drug-likeness (QED) is 0.853. The number of esters is 1. The molecule has 1 heterocycles. The van der Waals surface area contributed by atoms with Crippen molar-refractivity contribution < 1.29 is 23.5 Å². The highest BCUT2D eigenvalue weighted by molar-refractivity contribution is 5.96. The first-order valence-corrected chi connectivity index (χ1v) is 8.38. The Labute approximate surface area is 151 Å². The van der Waals surface area contributed by atoms with E-state index in [1.54, 1.807) is 0 Å². The zero-order chi connectivity index (χ0) is 18.8. The highest BCUT2D eigenvalue weighted by Gasteiger charge is 2.32. The summed E-state index contributed by atoms with van der Waals surface area (Å²) in [4.78, 5) is 24.6. The fourth-order valence-corrected chi connectivity index (χ4v) is 2.89. The molecule has 26 heavy (non-hydrogen) atoms. The van der Waals surface area contributed by atoms with E-state index in [4.69, 9.17) is 9.47 Å². The summed E-state index contributed by atoms with van der Waals surface area (Å²) in [7, 11) is 0. The van der Waals surface area contributed by atoms with Crippen molar-refractivity contribution in [1.82, 2.24) is 0 Å². The van der Waals surface area contributed by atoms with Gasteiger partial charge in [-0.2, -0.15) is 0 Å². The minimum Gasteiger partial charge on any atom is -0.478 e. The molecule has 2 aromatic carbocycles. The maximum atomic E-state index is 13.3. The highest BCUT2D eigenvalue weighted by Crippen LogP contribution is 2.30. The summed E-state index contributed by atoms with van der Waals surface area (Å²) in [6, 6.07) is 9.77. The molecule has 2 atom stereocenters. The number of fused-ring (bicyclic) bond motifs is 1. The second-order valence-corrected chi connectivity index (χ2v) is 6.40. The van der Waals surface area contributed by atoms with Crippen molar-refractivity contribution in [3.8, 4) is 5.75 Å². The van der Waals surface area contributed by atoms with Gasteiger partial charge in [0.2, 0.25) is 0 Å². The Kier molecular flexibility index (Phi) is 4.93. The van der Waals surface area contributed by atoms with Crippen molar-refractivity contribution >= 4 is 17.6 Å². The lowest BCUT2D eigenvalue weighted by Gasteiger charge is -2.18. The van der Waals surface area contributed by atoms with Crippen LogP contribution in [0.5, 0.6) is 5.75 Å². The third kappa shape index (κ3) is 3.69. The van der Waals surface area contributed by atoms with Crippen LogP contribution in [0.15, 0.2) is 36.4 Å². The predicted octanol–water partition coefficient (Wildman–Crippen LogP) is 3.32. The van der Waals surface area contributed by atoms with Gasteiger partial charge in [-0.25, -0.2) is 9.18 Å². The molecule has 0 saturated heterocycles. The Morgan fingerprint density at radius 1 is 1.23 bits per heavy atom. The molecule has 2 aromatic rings. The van der Waals surface area contributed by atoms with Crippen LogP contribution in [0.1, 0.15) is 23.6 Å². The molecule has 6 heteroatoms. The summed E-state index contributed by atoms with van der Waals surface area (Å²) >= 11 is 0. The fraction of sp³-hybridized carbons (Fsp3) is 0.300. The summed E-state index contributed by atoms with van der Waals surface area (Å²) in [5.41, 5.74) is 3.17. The molecule has 1 aliphatic rings. The van der Waals surface area contributed by atoms with Gasteiger partial charge < -0.3 is 14.8 Å². The highest BCUT2D eigenvalue weighted by atomic mass is 19.1. The zero-order valence-corrected chi connectivity index (χ0v) is 14.8. The number of aryl methyl sites for hydroxylation is 2. The number of ether oxygens (including phenoxy) is 2. The molecule has 136 valence electrons. The second-order valence-electron chi connectivity index (χ2n) is 6.40. The monoisotopic (exact) mass is 357 g/mol. The van der Waals surface area contributed by atoms with Crippen LogP contribution in [0.2, 0.25) is 0 Å². The molecule has 0 saturated carbocycles. The van der Waals surface area contributed by atoms with Crippen LogP contribution < -0.4 is 10.1 Å². The number of carbonyl (C=O) groups excluding carboxylic acids is 2. The first-order valence-electron chi connectivity index (χ1n) is 8.38. The van der Waals surface area contributed by atoms with E-state index >= 15 is 0 Å². The van der Waals surface area contributed by atoms with E-state index < -0.39 is 24.1 Å². The summed E-state index contributed by atoms with van der Waals surface area (Å²) in [6.45, 7) is 5.28. The molecule has 0 unspecified atom stereocenters. The Hall–Kier alpha value is -2.89. The predicted molar refractivity (Wildman–Crippen MR) is 94.6 cm³/mol. The van der Waals surface area contributed by atoms with Crippen molar-refractivity contribution in [2.24, 2.45) is 0 Å². The van der Waals surface area contributed by atoms with Gasteiger partial charge in [-0.1, -0.05) is 18.2 Å². The third-order valence-corrected chi connectivity index (χ3v) is 4.35. The average molecular weight is 357 g/mol. The van der Waals surface area contributed by atoms with E-state index in [-0.39, 0.29) is 12.2 Å². The Bertz CT molecular complexity index is 845. The molecule has 0 radical (unpaired) electrons. The van der Waals surface area contributed by atoms with Crippen LogP contribution in [0.3, 0.4) is 0 Å². The fourth-order valence-electron chi connectivity index (χ4n) is 2.89. The van der Waals surface area contributed by atoms with Crippen molar-refractivity contribution in [2.45, 2.75) is 39.4 Å². The van der Waals surface area contributed by atoms with Crippen molar-refractivity contribution in [2.75, 3.05) is 5.32 Å².